The van der Waals surface area contributed by atoms with Gasteiger partial charge in [-0.05, 0) is 44.7 Å². The van der Waals surface area contributed by atoms with Crippen LogP contribution < -0.4 is 5.32 Å². The number of hydrogen-bond acceptors (Lipinski definition) is 4. The summed E-state index contributed by atoms with van der Waals surface area (Å²) < 4.78 is 0. The zero-order valence-electron chi connectivity index (χ0n) is 9.94. The summed E-state index contributed by atoms with van der Waals surface area (Å²) in [6.45, 7) is 3.75. The van der Waals surface area contributed by atoms with Crippen LogP contribution in [0.5, 0.6) is 0 Å². The van der Waals surface area contributed by atoms with Crippen LogP contribution >= 0.6 is 0 Å². The second kappa shape index (κ2) is 5.96. The summed E-state index contributed by atoms with van der Waals surface area (Å²) in [5.74, 6) is 0.722. The minimum absolute atomic E-state index is 0.124. The number of rotatable bonds is 6. The van der Waals surface area contributed by atoms with Gasteiger partial charge in [0.15, 0.2) is 0 Å². The lowest BCUT2D eigenvalue weighted by Crippen LogP contribution is -2.43. The zero-order valence-corrected chi connectivity index (χ0v) is 9.94. The predicted octanol–water partition coefficient (Wildman–Crippen LogP) is -0.196. The molecule has 2 aliphatic rings. The van der Waals surface area contributed by atoms with Gasteiger partial charge in [-0.25, -0.2) is 0 Å². The SMILES string of the molecule is OCC(O)CN1CCCC(CNC2CC2)C1. The van der Waals surface area contributed by atoms with Crippen LogP contribution in [0.15, 0.2) is 0 Å². The van der Waals surface area contributed by atoms with Crippen LogP contribution in [0.25, 0.3) is 0 Å². The molecular weight excluding hydrogens is 204 g/mol. The fourth-order valence-electron chi connectivity index (χ4n) is 2.46. The molecule has 0 radical (unpaired) electrons. The number of hydrogen-bond donors (Lipinski definition) is 3. The van der Waals surface area contributed by atoms with Gasteiger partial charge in [-0.15, -0.1) is 0 Å². The van der Waals surface area contributed by atoms with E-state index in [2.05, 4.69) is 10.2 Å². The van der Waals surface area contributed by atoms with E-state index in [1.54, 1.807) is 0 Å². The van der Waals surface area contributed by atoms with Gasteiger partial charge in [0.25, 0.3) is 0 Å². The van der Waals surface area contributed by atoms with Crippen LogP contribution in [0.1, 0.15) is 25.7 Å². The maximum absolute atomic E-state index is 9.42. The average Bonchev–Trinajstić information content (AvgIpc) is 3.10. The summed E-state index contributed by atoms with van der Waals surface area (Å²) in [5, 5.41) is 21.8. The van der Waals surface area contributed by atoms with E-state index in [0.717, 1.165) is 31.6 Å². The number of piperidine rings is 1. The third kappa shape index (κ3) is 4.01. The standard InChI is InChI=1S/C12H24N2O2/c15-9-12(16)8-14-5-1-2-10(7-14)6-13-11-3-4-11/h10-13,15-16H,1-9H2. The Morgan fingerprint density at radius 2 is 2.12 bits per heavy atom. The molecule has 4 heteroatoms. The van der Waals surface area contributed by atoms with Gasteiger partial charge in [-0.2, -0.15) is 0 Å². The monoisotopic (exact) mass is 228 g/mol. The molecule has 1 saturated heterocycles. The van der Waals surface area contributed by atoms with Crippen molar-refractivity contribution in [1.29, 1.82) is 0 Å². The molecule has 1 aliphatic heterocycles. The maximum atomic E-state index is 9.42. The Morgan fingerprint density at radius 3 is 2.81 bits per heavy atom. The molecule has 1 heterocycles. The minimum Gasteiger partial charge on any atom is -0.394 e. The maximum Gasteiger partial charge on any atom is 0.0897 e. The molecule has 2 rings (SSSR count). The molecule has 16 heavy (non-hydrogen) atoms. The molecule has 1 aliphatic carbocycles. The topological polar surface area (TPSA) is 55.7 Å². The van der Waals surface area contributed by atoms with Crippen molar-refractivity contribution in [2.45, 2.75) is 37.8 Å². The molecule has 3 N–H and O–H groups in total. The highest BCUT2D eigenvalue weighted by Gasteiger charge is 2.25. The number of likely N-dealkylation sites (tertiary alicyclic amines) is 1. The molecule has 0 aromatic heterocycles. The van der Waals surface area contributed by atoms with E-state index in [1.165, 1.54) is 25.7 Å². The molecule has 0 aromatic carbocycles. The number of nitrogens with zero attached hydrogens (tertiary/aromatic N) is 1. The fraction of sp³-hybridized carbons (Fsp3) is 1.00. The first-order valence-corrected chi connectivity index (χ1v) is 6.52. The summed E-state index contributed by atoms with van der Waals surface area (Å²) in [6.07, 6.45) is 4.63. The highest BCUT2D eigenvalue weighted by atomic mass is 16.3. The fourth-order valence-corrected chi connectivity index (χ4v) is 2.46. The summed E-state index contributed by atoms with van der Waals surface area (Å²) in [7, 11) is 0. The Bertz CT molecular complexity index is 209. The van der Waals surface area contributed by atoms with E-state index in [1.807, 2.05) is 0 Å². The largest absolute Gasteiger partial charge is 0.394 e. The molecule has 0 spiro atoms. The van der Waals surface area contributed by atoms with Gasteiger partial charge < -0.3 is 20.4 Å². The lowest BCUT2D eigenvalue weighted by Gasteiger charge is -2.33. The molecule has 2 atom stereocenters. The van der Waals surface area contributed by atoms with E-state index in [9.17, 15) is 5.11 Å². The first kappa shape index (κ1) is 12.3. The van der Waals surface area contributed by atoms with Crippen LogP contribution in [-0.4, -0.2) is 60.0 Å². The number of nitrogens with one attached hydrogen (secondary N) is 1. The van der Waals surface area contributed by atoms with Gasteiger partial charge in [0.1, 0.15) is 0 Å². The zero-order chi connectivity index (χ0) is 11.4. The molecule has 1 saturated carbocycles. The second-order valence-electron chi connectivity index (χ2n) is 5.29. The van der Waals surface area contributed by atoms with E-state index in [0.29, 0.717) is 6.54 Å². The van der Waals surface area contributed by atoms with Crippen molar-refractivity contribution >= 4 is 0 Å². The Labute approximate surface area is 97.6 Å². The highest BCUT2D eigenvalue weighted by molar-refractivity contribution is 4.83. The average molecular weight is 228 g/mol. The van der Waals surface area contributed by atoms with Crippen molar-refractivity contribution in [3.05, 3.63) is 0 Å². The Balaban J connectivity index is 1.65. The second-order valence-corrected chi connectivity index (χ2v) is 5.29. The summed E-state index contributed by atoms with van der Waals surface area (Å²) in [4.78, 5) is 2.28. The summed E-state index contributed by atoms with van der Waals surface area (Å²) in [6, 6.07) is 0.790. The Kier molecular flexibility index (Phi) is 4.58. The van der Waals surface area contributed by atoms with E-state index >= 15 is 0 Å². The van der Waals surface area contributed by atoms with Gasteiger partial charge >= 0.3 is 0 Å². The molecule has 0 bridgehead atoms. The molecule has 2 fully saturated rings. The summed E-state index contributed by atoms with van der Waals surface area (Å²) >= 11 is 0. The third-order valence-electron chi connectivity index (χ3n) is 3.56. The molecule has 0 amide bonds. The number of β-amino-alcohol motifs (C(OH)–C–C–N with tert-alkyl or cyclic N) is 1. The molecule has 0 aromatic rings. The van der Waals surface area contributed by atoms with E-state index < -0.39 is 6.10 Å². The molecule has 2 unspecified atom stereocenters. The summed E-state index contributed by atoms with van der Waals surface area (Å²) in [5.41, 5.74) is 0. The lowest BCUT2D eigenvalue weighted by atomic mass is 9.97. The van der Waals surface area contributed by atoms with Crippen LogP contribution in [0.4, 0.5) is 0 Å². The number of aliphatic hydroxyl groups excluding tert-OH is 2. The van der Waals surface area contributed by atoms with Crippen molar-refractivity contribution < 1.29 is 10.2 Å². The van der Waals surface area contributed by atoms with E-state index in [-0.39, 0.29) is 6.61 Å². The van der Waals surface area contributed by atoms with Crippen LogP contribution in [-0.2, 0) is 0 Å². The van der Waals surface area contributed by atoms with Gasteiger partial charge in [-0.1, -0.05) is 0 Å². The van der Waals surface area contributed by atoms with Gasteiger partial charge in [0.2, 0.25) is 0 Å². The van der Waals surface area contributed by atoms with E-state index in [4.69, 9.17) is 5.11 Å². The van der Waals surface area contributed by atoms with Crippen molar-refractivity contribution in [2.24, 2.45) is 5.92 Å². The third-order valence-corrected chi connectivity index (χ3v) is 3.56. The van der Waals surface area contributed by atoms with Crippen LogP contribution in [0.2, 0.25) is 0 Å². The van der Waals surface area contributed by atoms with Crippen LogP contribution in [0.3, 0.4) is 0 Å². The Hall–Kier alpha value is -0.160. The number of aliphatic hydroxyl groups is 2. The predicted molar refractivity (Wildman–Crippen MR) is 63.3 cm³/mol. The molecular formula is C12H24N2O2. The van der Waals surface area contributed by atoms with Crippen molar-refractivity contribution in [1.82, 2.24) is 10.2 Å². The van der Waals surface area contributed by atoms with Crippen molar-refractivity contribution in [3.8, 4) is 0 Å². The molecule has 4 nitrogen and oxygen atoms in total. The van der Waals surface area contributed by atoms with Crippen LogP contribution in [0, 0.1) is 5.92 Å². The van der Waals surface area contributed by atoms with Gasteiger partial charge in [0.05, 0.1) is 12.7 Å². The van der Waals surface area contributed by atoms with Gasteiger partial charge in [-0.3, -0.25) is 0 Å². The minimum atomic E-state index is -0.574. The first-order chi connectivity index (χ1) is 7.78. The Morgan fingerprint density at radius 1 is 1.31 bits per heavy atom. The molecule has 94 valence electrons. The first-order valence-electron chi connectivity index (χ1n) is 6.52. The lowest BCUT2D eigenvalue weighted by molar-refractivity contribution is 0.0445. The van der Waals surface area contributed by atoms with Gasteiger partial charge in [0, 0.05) is 19.1 Å². The highest BCUT2D eigenvalue weighted by Crippen LogP contribution is 2.21. The van der Waals surface area contributed by atoms with Crippen molar-refractivity contribution in [3.63, 3.8) is 0 Å². The normalized spacial score (nSPS) is 29.2. The van der Waals surface area contributed by atoms with Crippen molar-refractivity contribution in [2.75, 3.05) is 32.8 Å². The quantitative estimate of drug-likeness (QED) is 0.589. The smallest absolute Gasteiger partial charge is 0.0897 e.